The predicted octanol–water partition coefficient (Wildman–Crippen LogP) is 4.84. The van der Waals surface area contributed by atoms with Gasteiger partial charge in [0, 0.05) is 37.6 Å². The van der Waals surface area contributed by atoms with Crippen LogP contribution in [-0.2, 0) is 11.2 Å². The molecule has 0 bridgehead atoms. The fourth-order valence-electron chi connectivity index (χ4n) is 4.86. The zero-order valence-corrected chi connectivity index (χ0v) is 26.6. The van der Waals surface area contributed by atoms with E-state index in [1.54, 1.807) is 19.1 Å². The van der Waals surface area contributed by atoms with Crippen molar-refractivity contribution in [2.24, 2.45) is 27.4 Å². The molecule has 1 saturated heterocycles. The number of piperazine rings is 1. The van der Waals surface area contributed by atoms with Gasteiger partial charge in [-0.2, -0.15) is 0 Å². The third kappa shape index (κ3) is 12.9. The van der Waals surface area contributed by atoms with E-state index in [2.05, 4.69) is 53.9 Å². The molecule has 9 heteroatoms. The molecular weight excluding hydrogens is 516 g/mol. The number of hydrogen-bond acceptors (Lipinski definition) is 7. The third-order valence-corrected chi connectivity index (χ3v) is 7.15. The summed E-state index contributed by atoms with van der Waals surface area (Å²) in [6.07, 6.45) is 4.86. The minimum atomic E-state index is -0.243. The van der Waals surface area contributed by atoms with Crippen LogP contribution in [0.4, 0.5) is 0 Å². The maximum Gasteiger partial charge on any atom is 0.220 e. The second-order valence-electron chi connectivity index (χ2n) is 10.1. The number of nitrogens with zero attached hydrogens (tertiary/aromatic N) is 4. The molecule has 1 aromatic carbocycles. The number of aliphatic hydroxyl groups is 1. The minimum Gasteiger partial charge on any atom is -0.508 e. The van der Waals surface area contributed by atoms with Crippen molar-refractivity contribution in [3.8, 4) is 5.75 Å². The van der Waals surface area contributed by atoms with Crippen LogP contribution in [0.5, 0.6) is 5.75 Å². The first kappa shape index (κ1) is 37.8. The number of aliphatic hydroxyl groups excluding tert-OH is 1. The standard InChI is InChI=1S/C22H40N6O2.C8H10O.C2H6/c1-7-9-19(12-15(3)22(24)30)28-11-10-27(13-18(28)8-2)20(14-29)26-17(5)21(25-6)16(4)23;1-2-7-3-5-8(9)6-4-7;1-2/h15,18-19,29H,4,6-14,23H2,1-3,5H3,(H2,24,30);3-6,9H,2H2,1H3;1-2H3/b21-17-,26-20?;;. The largest absolute Gasteiger partial charge is 0.508 e. The molecule has 3 unspecified atom stereocenters. The van der Waals surface area contributed by atoms with Crippen LogP contribution in [0, 0.1) is 5.92 Å². The van der Waals surface area contributed by atoms with Crippen LogP contribution in [0.2, 0.25) is 0 Å². The Balaban J connectivity index is 0.00000121. The van der Waals surface area contributed by atoms with Crippen LogP contribution in [0.15, 0.2) is 57.9 Å². The summed E-state index contributed by atoms with van der Waals surface area (Å²) in [7, 11) is 0. The number of carbonyl (C=O) groups is 1. The number of amides is 1. The van der Waals surface area contributed by atoms with E-state index in [4.69, 9.17) is 16.6 Å². The summed E-state index contributed by atoms with van der Waals surface area (Å²) in [5, 5.41) is 18.8. The Bertz CT molecular complexity index is 990. The molecule has 1 fully saturated rings. The molecule has 41 heavy (non-hydrogen) atoms. The fourth-order valence-corrected chi connectivity index (χ4v) is 4.86. The Morgan fingerprint density at radius 2 is 1.76 bits per heavy atom. The van der Waals surface area contributed by atoms with E-state index in [0.29, 0.717) is 40.8 Å². The number of hydrogen-bond donors (Lipinski definition) is 4. The molecule has 1 aliphatic heterocycles. The summed E-state index contributed by atoms with van der Waals surface area (Å²) in [5.74, 6) is 0.541. The summed E-state index contributed by atoms with van der Waals surface area (Å²) in [4.78, 5) is 24.7. The zero-order valence-electron chi connectivity index (χ0n) is 26.6. The van der Waals surface area contributed by atoms with E-state index >= 15 is 0 Å². The van der Waals surface area contributed by atoms with Gasteiger partial charge in [0.1, 0.15) is 23.9 Å². The molecule has 232 valence electrons. The molecule has 0 spiro atoms. The number of aryl methyl sites for hydroxylation is 1. The summed E-state index contributed by atoms with van der Waals surface area (Å²) in [5.41, 5.74) is 13.9. The van der Waals surface area contributed by atoms with Gasteiger partial charge in [-0.25, -0.2) is 4.99 Å². The Hall–Kier alpha value is -3.17. The maximum absolute atomic E-state index is 11.6. The number of carbonyl (C=O) groups excluding carboxylic acids is 1. The Labute approximate surface area is 248 Å². The average molecular weight is 573 g/mol. The van der Waals surface area contributed by atoms with Crippen molar-refractivity contribution in [2.75, 3.05) is 26.2 Å². The monoisotopic (exact) mass is 572 g/mol. The van der Waals surface area contributed by atoms with Crippen molar-refractivity contribution in [1.82, 2.24) is 9.80 Å². The first-order valence-corrected chi connectivity index (χ1v) is 14.9. The van der Waals surface area contributed by atoms with Gasteiger partial charge in [-0.3, -0.25) is 14.7 Å². The number of nitrogens with two attached hydrogens (primary N) is 2. The van der Waals surface area contributed by atoms with Crippen molar-refractivity contribution in [3.05, 3.63) is 53.5 Å². The van der Waals surface area contributed by atoms with Crippen LogP contribution >= 0.6 is 0 Å². The maximum atomic E-state index is 11.6. The second kappa shape index (κ2) is 20.7. The lowest BCUT2D eigenvalue weighted by Gasteiger charge is -2.46. The van der Waals surface area contributed by atoms with E-state index in [0.717, 1.165) is 51.7 Å². The van der Waals surface area contributed by atoms with E-state index in [-0.39, 0.29) is 18.4 Å². The van der Waals surface area contributed by atoms with Gasteiger partial charge in [-0.15, -0.1) is 0 Å². The summed E-state index contributed by atoms with van der Waals surface area (Å²) in [6, 6.07) is 7.89. The summed E-state index contributed by atoms with van der Waals surface area (Å²) >= 11 is 0. The number of primary amides is 1. The van der Waals surface area contributed by atoms with Crippen LogP contribution in [0.3, 0.4) is 0 Å². The molecule has 0 aromatic heterocycles. The Kier molecular flexibility index (Phi) is 19.1. The summed E-state index contributed by atoms with van der Waals surface area (Å²) < 4.78 is 0. The first-order chi connectivity index (χ1) is 19.5. The highest BCUT2D eigenvalue weighted by Gasteiger charge is 2.33. The van der Waals surface area contributed by atoms with E-state index in [1.807, 2.05) is 32.9 Å². The predicted molar refractivity (Wildman–Crippen MR) is 173 cm³/mol. The van der Waals surface area contributed by atoms with E-state index in [9.17, 15) is 9.90 Å². The smallest absolute Gasteiger partial charge is 0.220 e. The van der Waals surface area contributed by atoms with Crippen LogP contribution in [-0.4, -0.2) is 76.8 Å². The number of allylic oxidation sites excluding steroid dienone is 1. The lowest BCUT2D eigenvalue weighted by molar-refractivity contribution is -0.122. The van der Waals surface area contributed by atoms with Gasteiger partial charge < -0.3 is 26.6 Å². The van der Waals surface area contributed by atoms with Gasteiger partial charge in [0.2, 0.25) is 5.91 Å². The molecule has 1 amide bonds. The van der Waals surface area contributed by atoms with Crippen molar-refractivity contribution in [2.45, 2.75) is 92.7 Å². The zero-order chi connectivity index (χ0) is 31.5. The number of aromatic hydroxyl groups is 1. The Morgan fingerprint density at radius 3 is 2.20 bits per heavy atom. The van der Waals surface area contributed by atoms with Crippen molar-refractivity contribution in [1.29, 1.82) is 0 Å². The van der Waals surface area contributed by atoms with Gasteiger partial charge in [0.25, 0.3) is 0 Å². The normalized spacial score (nSPS) is 17.6. The molecule has 0 aliphatic carbocycles. The molecule has 1 aromatic rings. The van der Waals surface area contributed by atoms with E-state index in [1.165, 1.54) is 5.56 Å². The average Bonchev–Trinajstić information content (AvgIpc) is 2.97. The second-order valence-corrected chi connectivity index (χ2v) is 10.1. The lowest BCUT2D eigenvalue weighted by atomic mass is 9.94. The fraction of sp³-hybridized carbons (Fsp3) is 0.594. The molecule has 3 atom stereocenters. The number of phenols is 1. The molecule has 6 N–H and O–H groups in total. The molecule has 9 nitrogen and oxygen atoms in total. The highest BCUT2D eigenvalue weighted by Crippen LogP contribution is 2.24. The third-order valence-electron chi connectivity index (χ3n) is 7.15. The molecule has 1 aliphatic rings. The number of rotatable bonds is 12. The van der Waals surface area contributed by atoms with Crippen LogP contribution in [0.25, 0.3) is 0 Å². The minimum absolute atomic E-state index is 0.145. The van der Waals surface area contributed by atoms with Gasteiger partial charge in [0.15, 0.2) is 0 Å². The highest BCUT2D eigenvalue weighted by atomic mass is 16.3. The van der Waals surface area contributed by atoms with Crippen molar-refractivity contribution >= 4 is 18.5 Å². The molecule has 0 radical (unpaired) electrons. The first-order valence-electron chi connectivity index (χ1n) is 14.9. The quantitative estimate of drug-likeness (QED) is 0.160. The van der Waals surface area contributed by atoms with Crippen molar-refractivity contribution < 1.29 is 15.0 Å². The van der Waals surface area contributed by atoms with Gasteiger partial charge in [-0.05, 0) is 57.0 Å². The van der Waals surface area contributed by atoms with Crippen LogP contribution < -0.4 is 11.5 Å². The van der Waals surface area contributed by atoms with Gasteiger partial charge in [-0.1, -0.05) is 66.7 Å². The number of amidine groups is 1. The van der Waals surface area contributed by atoms with E-state index < -0.39 is 0 Å². The van der Waals surface area contributed by atoms with Crippen LogP contribution in [0.1, 0.15) is 79.7 Å². The number of aliphatic imine (C=N–C) groups is 2. The molecule has 1 heterocycles. The van der Waals surface area contributed by atoms with Gasteiger partial charge in [0.05, 0.1) is 11.4 Å². The molecule has 0 saturated carbocycles. The lowest BCUT2D eigenvalue weighted by Crippen LogP contribution is -2.58. The number of phenolic OH excluding ortho intramolecular Hbond substituents is 1. The molecule has 2 rings (SSSR count). The number of benzene rings is 1. The Morgan fingerprint density at radius 1 is 1.15 bits per heavy atom. The SMILES string of the molecule is C=N/C(C(=C)N)=C(/C)N=C(CO)N1CCN(C(CCC)CC(C)C(N)=O)C(CC)C1.CC.CCc1ccc(O)cc1. The topological polar surface area (TPSA) is 141 Å². The highest BCUT2D eigenvalue weighted by molar-refractivity contribution is 5.84. The summed E-state index contributed by atoms with van der Waals surface area (Å²) in [6.45, 7) is 23.5. The van der Waals surface area contributed by atoms with Crippen molar-refractivity contribution in [3.63, 3.8) is 0 Å². The van der Waals surface area contributed by atoms with Gasteiger partial charge >= 0.3 is 0 Å². The molecular formula is C32H56N6O3.